The Morgan fingerprint density at radius 3 is 2.33 bits per heavy atom. The van der Waals surface area contributed by atoms with Gasteiger partial charge in [0.1, 0.15) is 5.75 Å². The van der Waals surface area contributed by atoms with Gasteiger partial charge in [0.2, 0.25) is 6.20 Å². The first-order valence-corrected chi connectivity index (χ1v) is 8.09. The van der Waals surface area contributed by atoms with Gasteiger partial charge in [-0.15, -0.1) is 0 Å². The van der Waals surface area contributed by atoms with Gasteiger partial charge in [-0.05, 0) is 35.2 Å². The predicted octanol–water partition coefficient (Wildman–Crippen LogP) is 4.52. The van der Waals surface area contributed by atoms with E-state index >= 15 is 0 Å². The summed E-state index contributed by atoms with van der Waals surface area (Å²) >= 11 is 0. The van der Waals surface area contributed by atoms with Crippen molar-refractivity contribution in [3.8, 4) is 11.6 Å². The van der Waals surface area contributed by atoms with Crippen molar-refractivity contribution in [2.45, 2.75) is 6.92 Å². The molecule has 0 saturated carbocycles. The van der Waals surface area contributed by atoms with Crippen molar-refractivity contribution < 1.29 is 14.3 Å². The van der Waals surface area contributed by atoms with Gasteiger partial charge in [-0.1, -0.05) is 48.5 Å². The van der Waals surface area contributed by atoms with E-state index in [0.717, 1.165) is 16.5 Å². The Morgan fingerprint density at radius 2 is 1.50 bits per heavy atom. The van der Waals surface area contributed by atoms with Crippen LogP contribution in [0.4, 0.5) is 0 Å². The molecule has 4 aromatic rings. The minimum Gasteiger partial charge on any atom is -0.401 e. The van der Waals surface area contributed by atoms with Crippen molar-refractivity contribution in [3.05, 3.63) is 79.0 Å². The van der Waals surface area contributed by atoms with E-state index in [2.05, 4.69) is 42.5 Å². The maximum atomic E-state index is 6.22. The third kappa shape index (κ3) is 2.54. The Labute approximate surface area is 140 Å². The number of rotatable bonds is 4. The Bertz CT molecular complexity index is 1010. The molecule has 0 aliphatic heterocycles. The Morgan fingerprint density at radius 1 is 0.792 bits per heavy atom. The monoisotopic (exact) mass is 316 g/mol. The fourth-order valence-electron chi connectivity index (χ4n) is 2.95. The van der Waals surface area contributed by atoms with E-state index in [0.29, 0.717) is 12.5 Å². The van der Waals surface area contributed by atoms with Crippen molar-refractivity contribution in [1.29, 1.82) is 0 Å². The van der Waals surface area contributed by atoms with Crippen LogP contribution < -0.4 is 14.3 Å². The maximum Gasteiger partial charge on any atom is 0.422 e. The van der Waals surface area contributed by atoms with Crippen molar-refractivity contribution in [2.75, 3.05) is 6.61 Å². The normalized spacial score (nSPS) is 10.9. The van der Waals surface area contributed by atoms with E-state index in [-0.39, 0.29) is 0 Å². The highest BCUT2D eigenvalue weighted by molar-refractivity contribution is 6.10. The number of benzene rings is 3. The van der Waals surface area contributed by atoms with E-state index in [9.17, 15) is 0 Å². The summed E-state index contributed by atoms with van der Waals surface area (Å²) in [5.41, 5.74) is 0. The van der Waals surface area contributed by atoms with Crippen molar-refractivity contribution in [1.82, 2.24) is 0 Å². The number of aromatic nitrogens is 1. The van der Waals surface area contributed by atoms with Crippen LogP contribution in [0.25, 0.3) is 21.5 Å². The molecule has 0 aliphatic rings. The molecule has 3 aromatic carbocycles. The van der Waals surface area contributed by atoms with Gasteiger partial charge in [0.25, 0.3) is 0 Å². The summed E-state index contributed by atoms with van der Waals surface area (Å²) in [4.78, 5) is 5.60. The lowest BCUT2D eigenvalue weighted by atomic mass is 10.0. The fourth-order valence-corrected chi connectivity index (χ4v) is 2.95. The number of hydrogen-bond acceptors (Lipinski definition) is 2. The molecule has 3 heteroatoms. The van der Waals surface area contributed by atoms with E-state index in [4.69, 9.17) is 9.57 Å². The van der Waals surface area contributed by atoms with Gasteiger partial charge in [-0.3, -0.25) is 4.84 Å². The summed E-state index contributed by atoms with van der Waals surface area (Å²) in [5.74, 6) is 1.48. The number of hydrogen-bond donors (Lipinski definition) is 0. The molecule has 0 atom stereocenters. The van der Waals surface area contributed by atoms with Crippen molar-refractivity contribution in [3.63, 3.8) is 0 Å². The minimum absolute atomic E-state index is 0.573. The van der Waals surface area contributed by atoms with Crippen molar-refractivity contribution >= 4 is 21.5 Å². The van der Waals surface area contributed by atoms with E-state index < -0.39 is 0 Å². The molecule has 0 N–H and O–H groups in total. The topological polar surface area (TPSA) is 22.3 Å². The Kier molecular flexibility index (Phi) is 3.75. The first kappa shape index (κ1) is 14.5. The molecule has 24 heavy (non-hydrogen) atoms. The van der Waals surface area contributed by atoms with Crippen LogP contribution in [0.5, 0.6) is 11.6 Å². The molecule has 0 amide bonds. The Hall–Kier alpha value is -3.07. The summed E-state index contributed by atoms with van der Waals surface area (Å²) < 4.78 is 7.88. The fraction of sp³-hybridized carbons (Fsp3) is 0.0952. The first-order valence-electron chi connectivity index (χ1n) is 8.09. The molecule has 0 saturated heterocycles. The average Bonchev–Trinajstić information content (AvgIpc) is 2.64. The molecule has 0 aliphatic carbocycles. The maximum absolute atomic E-state index is 6.22. The highest BCUT2D eigenvalue weighted by atomic mass is 16.7. The van der Waals surface area contributed by atoms with Gasteiger partial charge in [0.05, 0.1) is 6.07 Å². The number of nitrogens with zero attached hydrogens (tertiary/aromatic N) is 1. The van der Waals surface area contributed by atoms with Gasteiger partial charge in [-0.25, -0.2) is 0 Å². The molecule has 1 aromatic heterocycles. The largest absolute Gasteiger partial charge is 0.422 e. The first-order chi connectivity index (χ1) is 11.9. The van der Waals surface area contributed by atoms with E-state index in [1.54, 1.807) is 4.73 Å². The smallest absolute Gasteiger partial charge is 0.401 e. The molecule has 0 bridgehead atoms. The van der Waals surface area contributed by atoms with Gasteiger partial charge >= 0.3 is 5.88 Å². The molecular formula is C21H18NO2+. The zero-order valence-electron chi connectivity index (χ0n) is 13.5. The lowest BCUT2D eigenvalue weighted by Gasteiger charge is -2.10. The van der Waals surface area contributed by atoms with Crippen LogP contribution in [0.15, 0.2) is 79.0 Å². The second-order valence-corrected chi connectivity index (χ2v) is 5.53. The number of fused-ring (bicyclic) bond motifs is 3. The zero-order valence-corrected chi connectivity index (χ0v) is 13.5. The van der Waals surface area contributed by atoms with Gasteiger partial charge in [0.15, 0.2) is 6.61 Å². The van der Waals surface area contributed by atoms with Crippen LogP contribution >= 0.6 is 0 Å². The molecule has 118 valence electrons. The van der Waals surface area contributed by atoms with Crippen molar-refractivity contribution in [2.24, 2.45) is 0 Å². The van der Waals surface area contributed by atoms with Gasteiger partial charge < -0.3 is 4.74 Å². The molecular weight excluding hydrogens is 298 g/mol. The van der Waals surface area contributed by atoms with E-state index in [1.165, 1.54) is 10.8 Å². The molecule has 0 spiro atoms. The summed E-state index contributed by atoms with van der Waals surface area (Å²) in [7, 11) is 0. The SMILES string of the molecule is CCO[n+]1ccccc1Oc1cc2ccccc2c2ccccc12. The van der Waals surface area contributed by atoms with Crippen LogP contribution in [0.2, 0.25) is 0 Å². The molecule has 3 nitrogen and oxygen atoms in total. The van der Waals surface area contributed by atoms with Gasteiger partial charge in [0, 0.05) is 16.2 Å². The van der Waals surface area contributed by atoms with Crippen LogP contribution in [-0.2, 0) is 0 Å². The van der Waals surface area contributed by atoms with Crippen LogP contribution in [0.3, 0.4) is 0 Å². The summed E-state index contributed by atoms with van der Waals surface area (Å²) in [5, 5.41) is 4.66. The quantitative estimate of drug-likeness (QED) is 0.408. The summed E-state index contributed by atoms with van der Waals surface area (Å²) in [6.45, 7) is 2.53. The standard InChI is InChI=1S/C21H18NO2/c1-2-23-22-14-8-7-13-21(22)24-20-15-16-9-3-4-10-17(16)18-11-5-6-12-19(18)20/h3-15H,2H2,1H3/q+1. The highest BCUT2D eigenvalue weighted by Crippen LogP contribution is 2.35. The Balaban J connectivity index is 1.90. The third-order valence-electron chi connectivity index (χ3n) is 4.00. The summed E-state index contributed by atoms with van der Waals surface area (Å²) in [6.07, 6.45) is 1.85. The lowest BCUT2D eigenvalue weighted by molar-refractivity contribution is -0.892. The number of pyridine rings is 1. The molecule has 0 fully saturated rings. The minimum atomic E-state index is 0.573. The highest BCUT2D eigenvalue weighted by Gasteiger charge is 2.16. The zero-order chi connectivity index (χ0) is 16.4. The second-order valence-electron chi connectivity index (χ2n) is 5.53. The average molecular weight is 316 g/mol. The molecule has 4 rings (SSSR count). The van der Waals surface area contributed by atoms with Gasteiger partial charge in [-0.2, -0.15) is 0 Å². The van der Waals surface area contributed by atoms with Crippen LogP contribution in [0.1, 0.15) is 6.92 Å². The number of ether oxygens (including phenoxy) is 1. The van der Waals surface area contributed by atoms with E-state index in [1.807, 2.05) is 43.5 Å². The van der Waals surface area contributed by atoms with Crippen LogP contribution in [0, 0.1) is 0 Å². The molecule has 1 heterocycles. The summed E-state index contributed by atoms with van der Waals surface area (Å²) in [6, 6.07) is 24.5. The third-order valence-corrected chi connectivity index (χ3v) is 4.00. The second kappa shape index (κ2) is 6.20. The predicted molar refractivity (Wildman–Crippen MR) is 95.3 cm³/mol. The molecule has 0 radical (unpaired) electrons. The molecule has 0 unspecified atom stereocenters. The van der Waals surface area contributed by atoms with Crippen LogP contribution in [-0.4, -0.2) is 6.61 Å². The lowest BCUT2D eigenvalue weighted by Crippen LogP contribution is -2.43.